The van der Waals surface area contributed by atoms with Gasteiger partial charge >= 0.3 is 0 Å². The summed E-state index contributed by atoms with van der Waals surface area (Å²) in [4.78, 5) is 6.99. The van der Waals surface area contributed by atoms with Crippen LogP contribution in [0.5, 0.6) is 11.5 Å². The molecular formula is C43H30N2O. The first-order valence-corrected chi connectivity index (χ1v) is 15.8. The molecule has 0 saturated heterocycles. The molecule has 0 spiro atoms. The number of hydrogen-bond acceptors (Lipinski definition) is 3. The number of fused-ring (bicyclic) bond motifs is 5. The van der Waals surface area contributed by atoms with E-state index in [9.17, 15) is 0 Å². The summed E-state index contributed by atoms with van der Waals surface area (Å²) in [5.41, 5.74) is 8.52. The van der Waals surface area contributed by atoms with E-state index < -0.39 is 0 Å². The molecule has 46 heavy (non-hydrogen) atoms. The Morgan fingerprint density at radius 3 is 2.11 bits per heavy atom. The number of nitrogens with zero attached hydrogens (tertiary/aromatic N) is 2. The molecule has 218 valence electrons. The number of benzene rings is 7. The highest BCUT2D eigenvalue weighted by Crippen LogP contribution is 2.48. The number of rotatable bonds is 4. The van der Waals surface area contributed by atoms with Gasteiger partial charge in [-0.3, -0.25) is 4.98 Å². The first-order chi connectivity index (χ1) is 22.8. The van der Waals surface area contributed by atoms with Crippen molar-refractivity contribution in [2.45, 2.75) is 12.8 Å². The second-order valence-electron chi connectivity index (χ2n) is 11.9. The van der Waals surface area contributed by atoms with Gasteiger partial charge in [-0.25, -0.2) is 0 Å². The Morgan fingerprint density at radius 1 is 0.522 bits per heavy atom. The molecule has 3 nitrogen and oxygen atoms in total. The van der Waals surface area contributed by atoms with Gasteiger partial charge in [0.1, 0.15) is 11.5 Å². The summed E-state index contributed by atoms with van der Waals surface area (Å²) in [6, 6.07) is 51.8. The van der Waals surface area contributed by atoms with Crippen molar-refractivity contribution in [3.63, 3.8) is 0 Å². The van der Waals surface area contributed by atoms with Crippen molar-refractivity contribution in [2.75, 3.05) is 4.90 Å². The summed E-state index contributed by atoms with van der Waals surface area (Å²) in [6.07, 6.45) is 5.80. The zero-order valence-corrected chi connectivity index (χ0v) is 25.2. The number of pyridine rings is 1. The van der Waals surface area contributed by atoms with E-state index in [0.29, 0.717) is 0 Å². The van der Waals surface area contributed by atoms with E-state index in [0.717, 1.165) is 57.3 Å². The zero-order valence-electron chi connectivity index (χ0n) is 25.2. The van der Waals surface area contributed by atoms with E-state index in [4.69, 9.17) is 4.74 Å². The lowest BCUT2D eigenvalue weighted by Gasteiger charge is -2.27. The predicted octanol–water partition coefficient (Wildman–Crippen LogP) is 11.6. The van der Waals surface area contributed by atoms with Crippen LogP contribution >= 0.6 is 0 Å². The molecule has 3 heteroatoms. The van der Waals surface area contributed by atoms with E-state index in [1.165, 1.54) is 38.7 Å². The van der Waals surface area contributed by atoms with Crippen LogP contribution in [-0.4, -0.2) is 4.98 Å². The van der Waals surface area contributed by atoms with Crippen molar-refractivity contribution >= 4 is 49.4 Å². The summed E-state index contributed by atoms with van der Waals surface area (Å²) < 4.78 is 7.01. The Hall–Kier alpha value is -5.93. The first-order valence-electron chi connectivity index (χ1n) is 15.8. The highest BCUT2D eigenvalue weighted by atomic mass is 16.5. The molecule has 0 unspecified atom stereocenters. The minimum Gasteiger partial charge on any atom is -0.456 e. The predicted molar refractivity (Wildman–Crippen MR) is 191 cm³/mol. The van der Waals surface area contributed by atoms with E-state index >= 15 is 0 Å². The lowest BCUT2D eigenvalue weighted by Crippen LogP contribution is -2.11. The molecule has 0 fully saturated rings. The van der Waals surface area contributed by atoms with Crippen molar-refractivity contribution in [3.05, 3.63) is 169 Å². The van der Waals surface area contributed by atoms with Crippen molar-refractivity contribution in [2.24, 2.45) is 0 Å². The summed E-state index contributed by atoms with van der Waals surface area (Å²) in [5.74, 6) is 1.65. The molecule has 9 rings (SSSR count). The molecule has 1 aliphatic rings. The highest BCUT2D eigenvalue weighted by molar-refractivity contribution is 6.19. The second kappa shape index (κ2) is 10.9. The van der Waals surface area contributed by atoms with Crippen LogP contribution in [0.15, 0.2) is 158 Å². The fraction of sp³-hybridized carbons (Fsp3) is 0.0465. The van der Waals surface area contributed by atoms with Crippen molar-refractivity contribution in [1.82, 2.24) is 4.98 Å². The average Bonchev–Trinajstić information content (AvgIpc) is 3.28. The van der Waals surface area contributed by atoms with Gasteiger partial charge in [-0.15, -0.1) is 0 Å². The minimum atomic E-state index is 0.806. The van der Waals surface area contributed by atoms with E-state index in [2.05, 4.69) is 155 Å². The van der Waals surface area contributed by atoms with Gasteiger partial charge in [0.2, 0.25) is 0 Å². The smallest absolute Gasteiger partial charge is 0.143 e. The largest absolute Gasteiger partial charge is 0.456 e. The molecule has 7 aromatic carbocycles. The summed E-state index contributed by atoms with van der Waals surface area (Å²) in [5, 5.41) is 6.77. The van der Waals surface area contributed by atoms with Gasteiger partial charge in [0.05, 0.1) is 5.69 Å². The number of anilines is 3. The highest BCUT2D eigenvalue weighted by Gasteiger charge is 2.24. The molecule has 0 amide bonds. The Morgan fingerprint density at radius 2 is 1.22 bits per heavy atom. The number of aromatic nitrogens is 1. The van der Waals surface area contributed by atoms with Crippen LogP contribution in [0, 0.1) is 0 Å². The van der Waals surface area contributed by atoms with E-state index in [-0.39, 0.29) is 0 Å². The Labute approximate surface area is 268 Å². The molecule has 0 N–H and O–H groups in total. The number of para-hydroxylation sites is 2. The molecule has 0 aliphatic carbocycles. The summed E-state index contributed by atoms with van der Waals surface area (Å²) >= 11 is 0. The van der Waals surface area contributed by atoms with Gasteiger partial charge in [-0.1, -0.05) is 109 Å². The topological polar surface area (TPSA) is 25.4 Å². The Balaban J connectivity index is 1.25. The molecule has 1 aromatic heterocycles. The number of aryl methyl sites for hydroxylation is 2. The summed E-state index contributed by atoms with van der Waals surface area (Å²) in [6.45, 7) is 0. The number of hydrogen-bond donors (Lipinski definition) is 0. The lowest BCUT2D eigenvalue weighted by atomic mass is 9.89. The van der Waals surface area contributed by atoms with Gasteiger partial charge < -0.3 is 9.64 Å². The van der Waals surface area contributed by atoms with E-state index in [1.807, 2.05) is 12.4 Å². The maximum Gasteiger partial charge on any atom is 0.143 e. The maximum absolute atomic E-state index is 7.01. The SMILES string of the molecule is c1ccc(N2c3ccccc3CCc3ccc(Oc4c5ccccc5c(-c5cccc6ccccc56)c5cnccc45)cc32)cc1. The Bertz CT molecular complexity index is 2350. The van der Waals surface area contributed by atoms with Gasteiger partial charge in [-0.2, -0.15) is 0 Å². The van der Waals surface area contributed by atoms with Crippen molar-refractivity contribution in [3.8, 4) is 22.6 Å². The normalized spacial score (nSPS) is 12.6. The number of ether oxygens (including phenoxy) is 1. The molecule has 8 aromatic rings. The Kier molecular flexibility index (Phi) is 6.27. The van der Waals surface area contributed by atoms with Gasteiger partial charge in [0, 0.05) is 46.0 Å². The quantitative estimate of drug-likeness (QED) is 0.191. The minimum absolute atomic E-state index is 0.806. The van der Waals surface area contributed by atoms with Crippen LogP contribution < -0.4 is 9.64 Å². The standard InChI is InChI=1S/C43H30N2O/c1-2-14-32(15-3-1)45-40-20-9-5-12-30(40)21-22-31-23-24-33(27-41(31)45)46-43-37-18-8-7-17-36(37)42(39-28-44-26-25-38(39)43)35-19-10-13-29-11-4-6-16-34(29)35/h1-20,23-28H,21-22H2. The van der Waals surface area contributed by atoms with Gasteiger partial charge in [0.25, 0.3) is 0 Å². The molecule has 0 saturated carbocycles. The van der Waals surface area contributed by atoms with Crippen molar-refractivity contribution < 1.29 is 4.74 Å². The van der Waals surface area contributed by atoms with Crippen LogP contribution in [0.25, 0.3) is 43.4 Å². The van der Waals surface area contributed by atoms with Crippen LogP contribution in [-0.2, 0) is 12.8 Å². The first kappa shape index (κ1) is 26.5. The fourth-order valence-corrected chi connectivity index (χ4v) is 7.16. The molecule has 0 bridgehead atoms. The zero-order chi connectivity index (χ0) is 30.5. The van der Waals surface area contributed by atoms with Crippen LogP contribution in [0.4, 0.5) is 17.1 Å². The molecule has 1 aliphatic heterocycles. The molecule has 2 heterocycles. The second-order valence-corrected chi connectivity index (χ2v) is 11.9. The van der Waals surface area contributed by atoms with Crippen LogP contribution in [0.1, 0.15) is 11.1 Å². The molecule has 0 atom stereocenters. The van der Waals surface area contributed by atoms with Crippen LogP contribution in [0.2, 0.25) is 0 Å². The third-order valence-electron chi connectivity index (χ3n) is 9.26. The van der Waals surface area contributed by atoms with Crippen LogP contribution in [0.3, 0.4) is 0 Å². The average molecular weight is 591 g/mol. The van der Waals surface area contributed by atoms with Crippen molar-refractivity contribution in [1.29, 1.82) is 0 Å². The third kappa shape index (κ3) is 4.32. The maximum atomic E-state index is 7.01. The monoisotopic (exact) mass is 590 g/mol. The molecular weight excluding hydrogens is 560 g/mol. The van der Waals surface area contributed by atoms with Gasteiger partial charge in [0.15, 0.2) is 0 Å². The third-order valence-corrected chi connectivity index (χ3v) is 9.26. The van der Waals surface area contributed by atoms with E-state index in [1.54, 1.807) is 0 Å². The molecule has 0 radical (unpaired) electrons. The summed E-state index contributed by atoms with van der Waals surface area (Å²) in [7, 11) is 0. The van der Waals surface area contributed by atoms with Gasteiger partial charge in [-0.05, 0) is 81.6 Å². The fourth-order valence-electron chi connectivity index (χ4n) is 7.16. The lowest BCUT2D eigenvalue weighted by molar-refractivity contribution is 0.493.